The van der Waals surface area contributed by atoms with Gasteiger partial charge in [0.05, 0.1) is 0 Å². The molecule has 1 N–H and O–H groups in total. The Morgan fingerprint density at radius 1 is 1.20 bits per heavy atom. The molecule has 0 bridgehead atoms. The summed E-state index contributed by atoms with van der Waals surface area (Å²) in [7, 11) is 0. The van der Waals surface area contributed by atoms with Gasteiger partial charge in [-0.25, -0.2) is 0 Å². The zero-order chi connectivity index (χ0) is 11.3. The van der Waals surface area contributed by atoms with Crippen LogP contribution in [0.4, 0.5) is 0 Å². The van der Waals surface area contributed by atoms with Crippen LogP contribution in [-0.2, 0) is 0 Å². The van der Waals surface area contributed by atoms with Crippen LogP contribution in [0, 0.1) is 11.3 Å². The van der Waals surface area contributed by atoms with E-state index in [1.807, 2.05) is 0 Å². The van der Waals surface area contributed by atoms with Gasteiger partial charge in [-0.1, -0.05) is 40.5 Å². The van der Waals surface area contributed by atoms with Gasteiger partial charge in [0, 0.05) is 6.04 Å². The van der Waals surface area contributed by atoms with Gasteiger partial charge in [-0.3, -0.25) is 0 Å². The third kappa shape index (κ3) is 3.48. The standard InChI is InChI=1S/C14H29N/c1-5-11-15-13(14(3,4)6-2)12-9-7-8-10-12/h12-13,15H,5-11H2,1-4H3. The van der Waals surface area contributed by atoms with Crippen molar-refractivity contribution in [3.05, 3.63) is 0 Å². The maximum absolute atomic E-state index is 3.80. The van der Waals surface area contributed by atoms with Crippen LogP contribution in [0.3, 0.4) is 0 Å². The second kappa shape index (κ2) is 5.89. The molecule has 1 rings (SSSR count). The monoisotopic (exact) mass is 211 g/mol. The molecule has 0 aromatic rings. The predicted octanol–water partition coefficient (Wildman–Crippen LogP) is 3.98. The van der Waals surface area contributed by atoms with E-state index in [9.17, 15) is 0 Å². The molecule has 0 aromatic heterocycles. The molecule has 1 atom stereocenters. The van der Waals surface area contributed by atoms with Crippen molar-refractivity contribution in [3.63, 3.8) is 0 Å². The van der Waals surface area contributed by atoms with Crippen molar-refractivity contribution in [2.24, 2.45) is 11.3 Å². The van der Waals surface area contributed by atoms with E-state index in [2.05, 4.69) is 33.0 Å². The summed E-state index contributed by atoms with van der Waals surface area (Å²) in [4.78, 5) is 0. The summed E-state index contributed by atoms with van der Waals surface area (Å²) < 4.78 is 0. The Balaban J connectivity index is 2.58. The summed E-state index contributed by atoms with van der Waals surface area (Å²) in [6.45, 7) is 10.6. The minimum Gasteiger partial charge on any atom is -0.313 e. The van der Waals surface area contributed by atoms with Crippen molar-refractivity contribution in [2.75, 3.05) is 6.54 Å². The van der Waals surface area contributed by atoms with Crippen molar-refractivity contribution >= 4 is 0 Å². The van der Waals surface area contributed by atoms with Gasteiger partial charge >= 0.3 is 0 Å². The molecule has 15 heavy (non-hydrogen) atoms. The number of nitrogens with one attached hydrogen (secondary N) is 1. The molecule has 1 fully saturated rings. The van der Waals surface area contributed by atoms with Gasteiger partial charge in [0.2, 0.25) is 0 Å². The van der Waals surface area contributed by atoms with Gasteiger partial charge < -0.3 is 5.32 Å². The molecule has 1 saturated carbocycles. The molecule has 1 heteroatoms. The van der Waals surface area contributed by atoms with E-state index < -0.39 is 0 Å². The molecule has 0 radical (unpaired) electrons. The highest BCUT2D eigenvalue weighted by Crippen LogP contribution is 2.37. The third-order valence-electron chi connectivity index (χ3n) is 4.24. The molecule has 1 nitrogen and oxygen atoms in total. The summed E-state index contributed by atoms with van der Waals surface area (Å²) in [5, 5.41) is 3.80. The Hall–Kier alpha value is -0.0400. The molecule has 0 heterocycles. The van der Waals surface area contributed by atoms with Crippen LogP contribution in [0.5, 0.6) is 0 Å². The summed E-state index contributed by atoms with van der Waals surface area (Å²) >= 11 is 0. The number of hydrogen-bond acceptors (Lipinski definition) is 1. The second-order valence-corrected chi connectivity index (χ2v) is 5.82. The molecular weight excluding hydrogens is 182 g/mol. The molecule has 0 saturated heterocycles. The average molecular weight is 211 g/mol. The minimum atomic E-state index is 0.462. The largest absolute Gasteiger partial charge is 0.313 e. The fourth-order valence-corrected chi connectivity index (χ4v) is 2.89. The molecular formula is C14H29N. The summed E-state index contributed by atoms with van der Waals surface area (Å²) in [6.07, 6.45) is 8.34. The van der Waals surface area contributed by atoms with Crippen LogP contribution in [0.15, 0.2) is 0 Å². The van der Waals surface area contributed by atoms with E-state index in [1.54, 1.807) is 0 Å². The van der Waals surface area contributed by atoms with Crippen LogP contribution in [0.2, 0.25) is 0 Å². The van der Waals surface area contributed by atoms with Crippen molar-refractivity contribution in [1.29, 1.82) is 0 Å². The van der Waals surface area contributed by atoms with Crippen LogP contribution < -0.4 is 5.32 Å². The molecule has 1 unspecified atom stereocenters. The van der Waals surface area contributed by atoms with Gasteiger partial charge in [0.1, 0.15) is 0 Å². The first kappa shape index (κ1) is 13.0. The number of hydrogen-bond donors (Lipinski definition) is 1. The molecule has 1 aliphatic rings. The lowest BCUT2D eigenvalue weighted by Gasteiger charge is -2.38. The molecule has 1 aliphatic carbocycles. The fourth-order valence-electron chi connectivity index (χ4n) is 2.89. The van der Waals surface area contributed by atoms with Gasteiger partial charge in [-0.2, -0.15) is 0 Å². The van der Waals surface area contributed by atoms with Gasteiger partial charge in [0.25, 0.3) is 0 Å². The average Bonchev–Trinajstić information content (AvgIpc) is 2.71. The van der Waals surface area contributed by atoms with Crippen molar-refractivity contribution < 1.29 is 0 Å². The highest BCUT2D eigenvalue weighted by atomic mass is 14.9. The first-order valence-electron chi connectivity index (χ1n) is 6.85. The lowest BCUT2D eigenvalue weighted by molar-refractivity contribution is 0.168. The Kier molecular flexibility index (Phi) is 5.11. The van der Waals surface area contributed by atoms with E-state index in [0.29, 0.717) is 5.41 Å². The first-order valence-corrected chi connectivity index (χ1v) is 6.85. The third-order valence-corrected chi connectivity index (χ3v) is 4.24. The quantitative estimate of drug-likeness (QED) is 0.700. The molecule has 0 spiro atoms. The van der Waals surface area contributed by atoms with Gasteiger partial charge in [-0.15, -0.1) is 0 Å². The Morgan fingerprint density at radius 2 is 1.80 bits per heavy atom. The Bertz CT molecular complexity index is 168. The van der Waals surface area contributed by atoms with Crippen LogP contribution in [0.25, 0.3) is 0 Å². The molecule has 0 amide bonds. The van der Waals surface area contributed by atoms with E-state index in [4.69, 9.17) is 0 Å². The van der Waals surface area contributed by atoms with Crippen molar-refractivity contribution in [3.8, 4) is 0 Å². The van der Waals surface area contributed by atoms with E-state index in [0.717, 1.165) is 12.0 Å². The van der Waals surface area contributed by atoms with E-state index >= 15 is 0 Å². The molecule has 0 aromatic carbocycles. The van der Waals surface area contributed by atoms with Crippen molar-refractivity contribution in [2.45, 2.75) is 72.3 Å². The highest BCUT2D eigenvalue weighted by Gasteiger charge is 2.34. The first-order chi connectivity index (χ1) is 7.11. The van der Waals surface area contributed by atoms with Crippen LogP contribution >= 0.6 is 0 Å². The van der Waals surface area contributed by atoms with Crippen molar-refractivity contribution in [1.82, 2.24) is 5.32 Å². The number of rotatable bonds is 6. The maximum Gasteiger partial charge on any atom is 0.0146 e. The van der Waals surface area contributed by atoms with Gasteiger partial charge in [0.15, 0.2) is 0 Å². The Labute approximate surface area is 96.0 Å². The highest BCUT2D eigenvalue weighted by molar-refractivity contribution is 4.90. The molecule has 90 valence electrons. The minimum absolute atomic E-state index is 0.462. The summed E-state index contributed by atoms with van der Waals surface area (Å²) in [5.41, 5.74) is 0.462. The topological polar surface area (TPSA) is 12.0 Å². The SMILES string of the molecule is CCCNC(C1CCCC1)C(C)(C)CC. The van der Waals surface area contributed by atoms with Gasteiger partial charge in [-0.05, 0) is 43.6 Å². The summed E-state index contributed by atoms with van der Waals surface area (Å²) in [5.74, 6) is 0.937. The second-order valence-electron chi connectivity index (χ2n) is 5.82. The fraction of sp³-hybridized carbons (Fsp3) is 1.00. The normalized spacial score (nSPS) is 20.8. The van der Waals surface area contributed by atoms with Crippen LogP contribution in [-0.4, -0.2) is 12.6 Å². The summed E-state index contributed by atoms with van der Waals surface area (Å²) in [6, 6.07) is 0.741. The zero-order valence-electron chi connectivity index (χ0n) is 11.1. The zero-order valence-corrected chi connectivity index (χ0v) is 11.1. The van der Waals surface area contributed by atoms with E-state index in [1.165, 1.54) is 45.1 Å². The smallest absolute Gasteiger partial charge is 0.0146 e. The predicted molar refractivity (Wildman–Crippen MR) is 68.1 cm³/mol. The Morgan fingerprint density at radius 3 is 2.27 bits per heavy atom. The maximum atomic E-state index is 3.80. The lowest BCUT2D eigenvalue weighted by atomic mass is 9.75. The van der Waals surface area contributed by atoms with Crippen LogP contribution in [0.1, 0.15) is 66.2 Å². The molecule has 0 aliphatic heterocycles. The van der Waals surface area contributed by atoms with E-state index in [-0.39, 0.29) is 0 Å². The lowest BCUT2D eigenvalue weighted by Crippen LogP contribution is -2.46.